The van der Waals surface area contributed by atoms with Crippen molar-refractivity contribution in [3.05, 3.63) is 35.1 Å². The Morgan fingerprint density at radius 1 is 1.43 bits per heavy atom. The molecule has 21 heavy (non-hydrogen) atoms. The molecular formula is C17H25FN2O. The number of halogens is 1. The molecule has 0 aromatic heterocycles. The molecule has 1 aliphatic rings. The first kappa shape index (κ1) is 16.0. The Labute approximate surface area is 126 Å². The molecule has 1 unspecified atom stereocenters. The van der Waals surface area contributed by atoms with Crippen molar-refractivity contribution in [2.24, 2.45) is 0 Å². The average Bonchev–Trinajstić information content (AvgIpc) is 2.47. The Kier molecular flexibility index (Phi) is 5.34. The van der Waals surface area contributed by atoms with Crippen LogP contribution >= 0.6 is 0 Å². The second kappa shape index (κ2) is 7.03. The lowest BCUT2D eigenvalue weighted by molar-refractivity contribution is 0.0675. The predicted octanol–water partition coefficient (Wildman–Crippen LogP) is 3.13. The molecule has 1 saturated heterocycles. The Hall–Kier alpha value is -1.42. The predicted molar refractivity (Wildman–Crippen MR) is 83.0 cm³/mol. The van der Waals surface area contributed by atoms with Crippen LogP contribution in [0, 0.1) is 12.7 Å². The fourth-order valence-electron chi connectivity index (χ4n) is 2.82. The molecule has 116 valence electrons. The zero-order valence-corrected chi connectivity index (χ0v) is 13.2. The van der Waals surface area contributed by atoms with Gasteiger partial charge in [-0.1, -0.05) is 12.5 Å². The first-order valence-corrected chi connectivity index (χ1v) is 7.79. The summed E-state index contributed by atoms with van der Waals surface area (Å²) in [5, 5.41) is 3.47. The molecule has 1 aliphatic heterocycles. The second-order valence-corrected chi connectivity index (χ2v) is 6.16. The average molecular weight is 292 g/mol. The number of nitrogens with zero attached hydrogens (tertiary/aromatic N) is 1. The van der Waals surface area contributed by atoms with E-state index >= 15 is 0 Å². The van der Waals surface area contributed by atoms with E-state index in [1.54, 1.807) is 6.07 Å². The van der Waals surface area contributed by atoms with E-state index in [2.05, 4.69) is 5.32 Å². The van der Waals surface area contributed by atoms with Crippen LogP contribution in [0.25, 0.3) is 0 Å². The van der Waals surface area contributed by atoms with E-state index in [0.717, 1.165) is 18.5 Å². The van der Waals surface area contributed by atoms with Crippen LogP contribution < -0.4 is 5.32 Å². The fourth-order valence-corrected chi connectivity index (χ4v) is 2.82. The molecule has 2 rings (SSSR count). The largest absolute Gasteiger partial charge is 0.335 e. The molecule has 1 N–H and O–H groups in total. The Morgan fingerprint density at radius 3 is 2.81 bits per heavy atom. The molecular weight excluding hydrogens is 267 g/mol. The maximum absolute atomic E-state index is 13.4. The lowest BCUT2D eigenvalue weighted by Gasteiger charge is -2.33. The number of piperidine rings is 1. The smallest absolute Gasteiger partial charge is 0.254 e. The number of carbonyl (C=O) groups excluding carboxylic acids is 1. The fraction of sp³-hybridized carbons (Fsp3) is 0.588. The number of aryl methyl sites for hydroxylation is 1. The highest BCUT2D eigenvalue weighted by molar-refractivity contribution is 5.95. The van der Waals surface area contributed by atoms with E-state index in [0.29, 0.717) is 18.2 Å². The number of hydrogen-bond donors (Lipinski definition) is 1. The van der Waals surface area contributed by atoms with Crippen LogP contribution in [-0.2, 0) is 0 Å². The number of rotatable bonds is 4. The van der Waals surface area contributed by atoms with Crippen molar-refractivity contribution in [1.82, 2.24) is 10.2 Å². The molecule has 1 amide bonds. The number of hydrogen-bond acceptors (Lipinski definition) is 2. The summed E-state index contributed by atoms with van der Waals surface area (Å²) in [6, 6.07) is 4.86. The van der Waals surface area contributed by atoms with Crippen molar-refractivity contribution >= 4 is 5.91 Å². The Balaban J connectivity index is 2.16. The monoisotopic (exact) mass is 292 g/mol. The molecule has 4 heteroatoms. The van der Waals surface area contributed by atoms with Gasteiger partial charge < -0.3 is 10.2 Å². The third kappa shape index (κ3) is 4.03. The molecule has 0 bridgehead atoms. The molecule has 1 aromatic rings. The van der Waals surface area contributed by atoms with Crippen molar-refractivity contribution < 1.29 is 9.18 Å². The summed E-state index contributed by atoms with van der Waals surface area (Å²) in [5.74, 6) is -0.433. The van der Waals surface area contributed by atoms with Crippen molar-refractivity contribution in [3.8, 4) is 0 Å². The minimum Gasteiger partial charge on any atom is -0.335 e. The molecule has 1 aromatic carbocycles. The number of nitrogens with one attached hydrogen (secondary N) is 1. The summed E-state index contributed by atoms with van der Waals surface area (Å²) in [4.78, 5) is 14.6. The van der Waals surface area contributed by atoms with Crippen LogP contribution in [0.3, 0.4) is 0 Å². The minimum atomic E-state index is -0.358. The van der Waals surface area contributed by atoms with E-state index in [9.17, 15) is 9.18 Å². The normalized spacial score (nSPS) is 18.8. The van der Waals surface area contributed by atoms with Gasteiger partial charge in [-0.05, 0) is 57.9 Å². The quantitative estimate of drug-likeness (QED) is 0.924. The summed E-state index contributed by atoms with van der Waals surface area (Å²) in [6.45, 7) is 7.57. The molecule has 1 atom stereocenters. The highest BCUT2D eigenvalue weighted by Crippen LogP contribution is 2.17. The van der Waals surface area contributed by atoms with Gasteiger partial charge in [0.2, 0.25) is 0 Å². The lowest BCUT2D eigenvalue weighted by Crippen LogP contribution is -2.48. The third-order valence-corrected chi connectivity index (χ3v) is 4.14. The van der Waals surface area contributed by atoms with Gasteiger partial charge in [-0.3, -0.25) is 4.79 Å². The van der Waals surface area contributed by atoms with E-state index in [1.807, 2.05) is 25.7 Å². The molecule has 0 spiro atoms. The SMILES string of the molecule is Cc1ccc(F)cc1C(=O)N(CC1CCCCN1)C(C)C. The van der Waals surface area contributed by atoms with E-state index in [4.69, 9.17) is 0 Å². The molecule has 0 aliphatic carbocycles. The van der Waals surface area contributed by atoms with Crippen LogP contribution in [-0.4, -0.2) is 36.0 Å². The maximum atomic E-state index is 13.4. The summed E-state index contributed by atoms with van der Waals surface area (Å²) in [6.07, 6.45) is 3.50. The van der Waals surface area contributed by atoms with Crippen molar-refractivity contribution in [1.29, 1.82) is 0 Å². The third-order valence-electron chi connectivity index (χ3n) is 4.14. The summed E-state index contributed by atoms with van der Waals surface area (Å²) < 4.78 is 13.4. The minimum absolute atomic E-state index is 0.0747. The molecule has 0 radical (unpaired) electrons. The van der Waals surface area contributed by atoms with Crippen LogP contribution in [0.4, 0.5) is 4.39 Å². The van der Waals surface area contributed by atoms with Gasteiger partial charge >= 0.3 is 0 Å². The Morgan fingerprint density at radius 2 is 2.19 bits per heavy atom. The second-order valence-electron chi connectivity index (χ2n) is 6.16. The molecule has 0 saturated carbocycles. The number of benzene rings is 1. The van der Waals surface area contributed by atoms with Gasteiger partial charge in [0.1, 0.15) is 5.82 Å². The first-order valence-electron chi connectivity index (χ1n) is 7.79. The molecule has 1 fully saturated rings. The van der Waals surface area contributed by atoms with Crippen molar-refractivity contribution in [2.75, 3.05) is 13.1 Å². The van der Waals surface area contributed by atoms with Crippen LogP contribution in [0.1, 0.15) is 49.0 Å². The van der Waals surface area contributed by atoms with Gasteiger partial charge in [0.05, 0.1) is 0 Å². The summed E-state index contributed by atoms with van der Waals surface area (Å²) in [7, 11) is 0. The highest BCUT2D eigenvalue weighted by Gasteiger charge is 2.24. The van der Waals surface area contributed by atoms with Gasteiger partial charge in [0, 0.05) is 24.2 Å². The zero-order valence-electron chi connectivity index (χ0n) is 13.2. The topological polar surface area (TPSA) is 32.3 Å². The van der Waals surface area contributed by atoms with Gasteiger partial charge in [-0.2, -0.15) is 0 Å². The van der Waals surface area contributed by atoms with E-state index < -0.39 is 0 Å². The number of amides is 1. The Bertz CT molecular complexity index is 496. The summed E-state index contributed by atoms with van der Waals surface area (Å²) in [5.41, 5.74) is 1.29. The standard InChI is InChI=1S/C17H25FN2O/c1-12(2)20(11-15-6-4-5-9-19-15)17(21)16-10-14(18)8-7-13(16)3/h7-8,10,12,15,19H,4-6,9,11H2,1-3H3. The van der Waals surface area contributed by atoms with Gasteiger partial charge in [-0.15, -0.1) is 0 Å². The van der Waals surface area contributed by atoms with Crippen LogP contribution in [0.5, 0.6) is 0 Å². The van der Waals surface area contributed by atoms with Gasteiger partial charge in [0.25, 0.3) is 5.91 Å². The molecule has 1 heterocycles. The number of carbonyl (C=O) groups is 1. The van der Waals surface area contributed by atoms with E-state index in [-0.39, 0.29) is 17.8 Å². The zero-order chi connectivity index (χ0) is 15.4. The van der Waals surface area contributed by atoms with Gasteiger partial charge in [-0.25, -0.2) is 4.39 Å². The van der Waals surface area contributed by atoms with Gasteiger partial charge in [0.15, 0.2) is 0 Å². The van der Waals surface area contributed by atoms with Crippen molar-refractivity contribution in [2.45, 2.75) is 52.1 Å². The first-order chi connectivity index (χ1) is 9.99. The van der Waals surface area contributed by atoms with Crippen LogP contribution in [0.2, 0.25) is 0 Å². The molecule has 3 nitrogen and oxygen atoms in total. The lowest BCUT2D eigenvalue weighted by atomic mass is 10.0. The maximum Gasteiger partial charge on any atom is 0.254 e. The van der Waals surface area contributed by atoms with Crippen molar-refractivity contribution in [3.63, 3.8) is 0 Å². The van der Waals surface area contributed by atoms with Crippen LogP contribution in [0.15, 0.2) is 18.2 Å². The summed E-state index contributed by atoms with van der Waals surface area (Å²) >= 11 is 0. The van der Waals surface area contributed by atoms with E-state index in [1.165, 1.54) is 25.0 Å². The highest BCUT2D eigenvalue weighted by atomic mass is 19.1.